The van der Waals surface area contributed by atoms with Gasteiger partial charge in [0.1, 0.15) is 5.82 Å². The van der Waals surface area contributed by atoms with Crippen LogP contribution >= 0.6 is 11.6 Å². The molecule has 0 aliphatic carbocycles. The molecule has 19 heavy (non-hydrogen) atoms. The number of rotatable bonds is 3. The molecule has 0 aliphatic rings. The zero-order valence-electron chi connectivity index (χ0n) is 10.3. The smallest absolute Gasteiger partial charge is 0.128 e. The quantitative estimate of drug-likeness (QED) is 0.878. The van der Waals surface area contributed by atoms with Crippen molar-refractivity contribution in [3.8, 4) is 0 Å². The molecule has 2 N–H and O–H groups in total. The fraction of sp³-hybridized carbons (Fsp3) is 0.143. The van der Waals surface area contributed by atoms with E-state index in [0.717, 1.165) is 5.56 Å². The lowest BCUT2D eigenvalue weighted by Gasteiger charge is -2.06. The molecule has 2 nitrogen and oxygen atoms in total. The highest BCUT2D eigenvalue weighted by molar-refractivity contribution is 7.84. The Hall–Kier alpha value is -1.39. The topological polar surface area (TPSA) is 43.1 Å². The van der Waals surface area contributed by atoms with Gasteiger partial charge in [0.15, 0.2) is 0 Å². The van der Waals surface area contributed by atoms with E-state index in [1.807, 2.05) is 6.92 Å². The Kier molecular flexibility index (Phi) is 4.22. The minimum absolute atomic E-state index is 0.117. The highest BCUT2D eigenvalue weighted by Gasteiger charge is 2.10. The van der Waals surface area contributed by atoms with E-state index in [4.69, 9.17) is 17.3 Å². The lowest BCUT2D eigenvalue weighted by Crippen LogP contribution is -2.00. The van der Waals surface area contributed by atoms with Gasteiger partial charge in [-0.1, -0.05) is 17.7 Å². The molecule has 100 valence electrons. The number of aryl methyl sites for hydroxylation is 1. The normalized spacial score (nSPS) is 12.4. The van der Waals surface area contributed by atoms with Gasteiger partial charge in [0.25, 0.3) is 0 Å². The van der Waals surface area contributed by atoms with Crippen LogP contribution in [0.4, 0.5) is 10.1 Å². The number of hydrogen-bond donors (Lipinski definition) is 1. The maximum Gasteiger partial charge on any atom is 0.128 e. The summed E-state index contributed by atoms with van der Waals surface area (Å²) in [4.78, 5) is 0.640. The SMILES string of the molecule is Cc1cc(S(=O)Cc2ccc(Cl)cc2F)ccc1N. The Morgan fingerprint density at radius 1 is 1.26 bits per heavy atom. The van der Waals surface area contributed by atoms with E-state index in [1.165, 1.54) is 6.07 Å². The molecule has 0 bridgehead atoms. The van der Waals surface area contributed by atoms with Gasteiger partial charge in [0.2, 0.25) is 0 Å². The monoisotopic (exact) mass is 297 g/mol. The van der Waals surface area contributed by atoms with Crippen molar-refractivity contribution in [3.63, 3.8) is 0 Å². The average Bonchev–Trinajstić information content (AvgIpc) is 2.36. The minimum Gasteiger partial charge on any atom is -0.399 e. The Morgan fingerprint density at radius 2 is 2.00 bits per heavy atom. The average molecular weight is 298 g/mol. The third-order valence-corrected chi connectivity index (χ3v) is 4.39. The van der Waals surface area contributed by atoms with E-state index >= 15 is 0 Å². The van der Waals surface area contributed by atoms with Crippen LogP contribution in [0, 0.1) is 12.7 Å². The summed E-state index contributed by atoms with van der Waals surface area (Å²) in [5, 5.41) is 0.329. The van der Waals surface area contributed by atoms with Gasteiger partial charge in [-0.25, -0.2) is 4.39 Å². The molecule has 2 rings (SSSR count). The second-order valence-corrected chi connectivity index (χ2v) is 6.13. The van der Waals surface area contributed by atoms with Crippen LogP contribution in [-0.4, -0.2) is 4.21 Å². The van der Waals surface area contributed by atoms with Crippen LogP contribution in [0.15, 0.2) is 41.3 Å². The number of anilines is 1. The first kappa shape index (κ1) is 14.0. The molecule has 0 fully saturated rings. The Bertz CT molecular complexity index is 645. The molecule has 0 radical (unpaired) electrons. The van der Waals surface area contributed by atoms with Crippen LogP contribution in [0.2, 0.25) is 5.02 Å². The maximum absolute atomic E-state index is 13.6. The molecular formula is C14H13ClFNOS. The van der Waals surface area contributed by atoms with Crippen LogP contribution in [0.5, 0.6) is 0 Å². The Balaban J connectivity index is 2.23. The number of halogens is 2. The van der Waals surface area contributed by atoms with E-state index in [2.05, 4.69) is 0 Å². The molecule has 0 saturated heterocycles. The second-order valence-electron chi connectivity index (χ2n) is 4.24. The van der Waals surface area contributed by atoms with Crippen molar-refractivity contribution in [1.29, 1.82) is 0 Å². The number of nitrogen functional groups attached to an aromatic ring is 1. The van der Waals surface area contributed by atoms with Crippen LogP contribution < -0.4 is 5.73 Å². The van der Waals surface area contributed by atoms with Crippen LogP contribution in [0.25, 0.3) is 0 Å². The van der Waals surface area contributed by atoms with Crippen LogP contribution in [0.1, 0.15) is 11.1 Å². The van der Waals surface area contributed by atoms with E-state index in [1.54, 1.807) is 30.3 Å². The molecular weight excluding hydrogens is 285 g/mol. The zero-order valence-corrected chi connectivity index (χ0v) is 11.9. The van der Waals surface area contributed by atoms with Crippen molar-refractivity contribution >= 4 is 28.1 Å². The Labute approximate surface area is 118 Å². The minimum atomic E-state index is -1.31. The van der Waals surface area contributed by atoms with Crippen molar-refractivity contribution in [2.45, 2.75) is 17.6 Å². The summed E-state index contributed by atoms with van der Waals surface area (Å²) in [6.07, 6.45) is 0. The first-order valence-corrected chi connectivity index (χ1v) is 7.35. The molecule has 0 saturated carbocycles. The van der Waals surface area contributed by atoms with Gasteiger partial charge < -0.3 is 5.73 Å². The van der Waals surface area contributed by atoms with E-state index < -0.39 is 16.6 Å². The highest BCUT2D eigenvalue weighted by atomic mass is 35.5. The largest absolute Gasteiger partial charge is 0.399 e. The first-order chi connectivity index (χ1) is 8.97. The lowest BCUT2D eigenvalue weighted by molar-refractivity contribution is 0.615. The third-order valence-electron chi connectivity index (χ3n) is 2.81. The van der Waals surface area contributed by atoms with E-state index in [0.29, 0.717) is 21.2 Å². The van der Waals surface area contributed by atoms with Gasteiger partial charge in [-0.2, -0.15) is 0 Å². The van der Waals surface area contributed by atoms with Gasteiger partial charge in [-0.3, -0.25) is 4.21 Å². The standard InChI is InChI=1S/C14H13ClFNOS/c1-9-6-12(4-5-14(9)17)19(18)8-10-2-3-11(15)7-13(10)16/h2-7H,8,17H2,1H3. The summed E-state index contributed by atoms with van der Waals surface area (Å²) in [6, 6.07) is 9.54. The van der Waals surface area contributed by atoms with Gasteiger partial charge in [-0.05, 0) is 42.8 Å². The molecule has 1 atom stereocenters. The molecule has 5 heteroatoms. The molecule has 0 amide bonds. The number of nitrogens with two attached hydrogens (primary N) is 1. The predicted octanol–water partition coefficient (Wildman–Crippen LogP) is 3.68. The summed E-state index contributed by atoms with van der Waals surface area (Å²) in [5.74, 6) is -0.320. The van der Waals surface area contributed by atoms with Crippen molar-refractivity contribution < 1.29 is 8.60 Å². The molecule has 0 spiro atoms. The molecule has 0 aromatic heterocycles. The summed E-state index contributed by atoms with van der Waals surface area (Å²) < 4.78 is 25.8. The third kappa shape index (κ3) is 3.33. The fourth-order valence-electron chi connectivity index (χ4n) is 1.65. The van der Waals surface area contributed by atoms with Crippen LogP contribution in [-0.2, 0) is 16.6 Å². The van der Waals surface area contributed by atoms with Gasteiger partial charge in [0, 0.05) is 21.2 Å². The van der Waals surface area contributed by atoms with Crippen molar-refractivity contribution in [1.82, 2.24) is 0 Å². The molecule has 2 aromatic carbocycles. The number of hydrogen-bond acceptors (Lipinski definition) is 2. The van der Waals surface area contributed by atoms with E-state index in [-0.39, 0.29) is 5.75 Å². The maximum atomic E-state index is 13.6. The molecule has 0 heterocycles. The van der Waals surface area contributed by atoms with Crippen molar-refractivity contribution in [2.24, 2.45) is 0 Å². The summed E-state index contributed by atoms with van der Waals surface area (Å²) in [5.41, 5.74) is 7.61. The van der Waals surface area contributed by atoms with Crippen molar-refractivity contribution in [3.05, 3.63) is 58.4 Å². The lowest BCUT2D eigenvalue weighted by atomic mass is 10.2. The molecule has 0 aliphatic heterocycles. The van der Waals surface area contributed by atoms with Crippen molar-refractivity contribution in [2.75, 3.05) is 5.73 Å². The fourth-order valence-corrected chi connectivity index (χ4v) is 3.02. The summed E-state index contributed by atoms with van der Waals surface area (Å²) >= 11 is 5.68. The van der Waals surface area contributed by atoms with Gasteiger partial charge >= 0.3 is 0 Å². The number of benzene rings is 2. The zero-order chi connectivity index (χ0) is 14.0. The summed E-state index contributed by atoms with van der Waals surface area (Å²) in [7, 11) is -1.31. The van der Waals surface area contributed by atoms with E-state index in [9.17, 15) is 8.60 Å². The highest BCUT2D eigenvalue weighted by Crippen LogP contribution is 2.21. The predicted molar refractivity (Wildman–Crippen MR) is 77.1 cm³/mol. The molecule has 2 aromatic rings. The second kappa shape index (κ2) is 5.72. The summed E-state index contributed by atoms with van der Waals surface area (Å²) in [6.45, 7) is 1.85. The molecule has 1 unspecified atom stereocenters. The Morgan fingerprint density at radius 3 is 2.63 bits per heavy atom. The van der Waals surface area contributed by atoms with Gasteiger partial charge in [-0.15, -0.1) is 0 Å². The van der Waals surface area contributed by atoms with Gasteiger partial charge in [0.05, 0.1) is 16.6 Å². The first-order valence-electron chi connectivity index (χ1n) is 5.66. The van der Waals surface area contributed by atoms with Crippen LogP contribution in [0.3, 0.4) is 0 Å².